The number of benzene rings is 2. The van der Waals surface area contributed by atoms with Crippen molar-refractivity contribution in [3.8, 4) is 0 Å². The molecule has 2 aromatic carbocycles. The van der Waals surface area contributed by atoms with Gasteiger partial charge in [0.1, 0.15) is 17.7 Å². The van der Waals surface area contributed by atoms with Crippen LogP contribution in [0, 0.1) is 27.7 Å². The van der Waals surface area contributed by atoms with Crippen molar-refractivity contribution in [2.24, 2.45) is 5.73 Å². The SMILES string of the molecule is C=CCN(C(=O)C(CC(N)=O)NC(=O)OC(C)(C)C)C(C(=O)Nc1c(C)cccc1C)c1ccc(C)cc1C. The van der Waals surface area contributed by atoms with Crippen LogP contribution in [0.3, 0.4) is 0 Å². The summed E-state index contributed by atoms with van der Waals surface area (Å²) >= 11 is 0. The fourth-order valence-electron chi connectivity index (χ4n) is 4.30. The number of hydrogen-bond donors (Lipinski definition) is 3. The normalized spacial score (nSPS) is 12.6. The maximum atomic E-state index is 14.0. The number of aryl methyl sites for hydroxylation is 4. The van der Waals surface area contributed by atoms with Crippen molar-refractivity contribution in [3.63, 3.8) is 0 Å². The number of carbonyl (C=O) groups is 4. The molecule has 0 saturated heterocycles. The minimum Gasteiger partial charge on any atom is -0.444 e. The number of ether oxygens (including phenoxy) is 1. The van der Waals surface area contributed by atoms with E-state index in [1.165, 1.54) is 11.0 Å². The third-order valence-electron chi connectivity index (χ3n) is 6.01. The predicted molar refractivity (Wildman–Crippen MR) is 152 cm³/mol. The lowest BCUT2D eigenvalue weighted by molar-refractivity contribution is -0.141. The van der Waals surface area contributed by atoms with E-state index in [-0.39, 0.29) is 6.54 Å². The van der Waals surface area contributed by atoms with Crippen LogP contribution in [0.4, 0.5) is 10.5 Å². The van der Waals surface area contributed by atoms with Gasteiger partial charge in [-0.15, -0.1) is 6.58 Å². The molecule has 210 valence electrons. The highest BCUT2D eigenvalue weighted by atomic mass is 16.6. The minimum atomic E-state index is -1.36. The maximum Gasteiger partial charge on any atom is 0.408 e. The van der Waals surface area contributed by atoms with Gasteiger partial charge >= 0.3 is 6.09 Å². The lowest BCUT2D eigenvalue weighted by Gasteiger charge is -2.34. The van der Waals surface area contributed by atoms with Crippen LogP contribution in [0.5, 0.6) is 0 Å². The topological polar surface area (TPSA) is 131 Å². The largest absolute Gasteiger partial charge is 0.444 e. The van der Waals surface area contributed by atoms with Crippen LogP contribution in [0.2, 0.25) is 0 Å². The van der Waals surface area contributed by atoms with E-state index in [4.69, 9.17) is 10.5 Å². The molecular weight excluding hydrogens is 496 g/mol. The van der Waals surface area contributed by atoms with Gasteiger partial charge in [0.25, 0.3) is 5.91 Å². The highest BCUT2D eigenvalue weighted by molar-refractivity contribution is 6.00. The Morgan fingerprint density at radius 2 is 1.64 bits per heavy atom. The zero-order valence-corrected chi connectivity index (χ0v) is 23.9. The molecule has 0 heterocycles. The Hall–Kier alpha value is -4.14. The van der Waals surface area contributed by atoms with Crippen molar-refractivity contribution in [1.29, 1.82) is 0 Å². The summed E-state index contributed by atoms with van der Waals surface area (Å²) in [5.74, 6) is -1.93. The van der Waals surface area contributed by atoms with Gasteiger partial charge in [0, 0.05) is 12.2 Å². The van der Waals surface area contributed by atoms with Gasteiger partial charge in [-0.1, -0.05) is 48.0 Å². The van der Waals surface area contributed by atoms with Crippen LogP contribution in [-0.2, 0) is 19.1 Å². The Bertz CT molecular complexity index is 1230. The number of alkyl carbamates (subject to hydrolysis) is 1. The Morgan fingerprint density at radius 3 is 2.15 bits per heavy atom. The molecule has 0 aliphatic carbocycles. The summed E-state index contributed by atoms with van der Waals surface area (Å²) in [7, 11) is 0. The standard InChI is InChI=1S/C30H40N4O5/c1-9-15-34(28(37)23(17-24(31)35)32-29(38)39-30(6,7)8)26(22-14-13-18(2)16-21(22)5)27(36)33-25-19(3)11-10-12-20(25)4/h9-14,16,23,26H,1,15,17H2,2-8H3,(H2,31,35)(H,32,38)(H,33,36). The molecule has 0 spiro atoms. The fourth-order valence-corrected chi connectivity index (χ4v) is 4.30. The van der Waals surface area contributed by atoms with Crippen molar-refractivity contribution < 1.29 is 23.9 Å². The van der Waals surface area contributed by atoms with Gasteiger partial charge < -0.3 is 26.0 Å². The van der Waals surface area contributed by atoms with Crippen LogP contribution in [0.1, 0.15) is 61.1 Å². The minimum absolute atomic E-state index is 0.0394. The number of nitrogens with two attached hydrogens (primary N) is 1. The first kappa shape index (κ1) is 31.1. The summed E-state index contributed by atoms with van der Waals surface area (Å²) in [4.78, 5) is 53.7. The van der Waals surface area contributed by atoms with Crippen LogP contribution in [-0.4, -0.2) is 46.9 Å². The number of nitrogens with one attached hydrogen (secondary N) is 2. The van der Waals surface area contributed by atoms with E-state index < -0.39 is 47.9 Å². The number of nitrogens with zero attached hydrogens (tertiary/aromatic N) is 1. The fraction of sp³-hybridized carbons (Fsp3) is 0.400. The van der Waals surface area contributed by atoms with E-state index in [1.54, 1.807) is 26.8 Å². The highest BCUT2D eigenvalue weighted by Crippen LogP contribution is 2.29. The monoisotopic (exact) mass is 536 g/mol. The average Bonchev–Trinajstić information content (AvgIpc) is 2.80. The number of hydrogen-bond acceptors (Lipinski definition) is 5. The lowest BCUT2D eigenvalue weighted by Crippen LogP contribution is -2.53. The Labute approximate surface area is 230 Å². The molecule has 2 rings (SSSR count). The first-order chi connectivity index (χ1) is 18.1. The van der Waals surface area contributed by atoms with E-state index in [9.17, 15) is 19.2 Å². The number of primary amides is 1. The first-order valence-corrected chi connectivity index (χ1v) is 12.8. The Balaban J connectivity index is 2.61. The van der Waals surface area contributed by atoms with Crippen molar-refractivity contribution in [2.75, 3.05) is 11.9 Å². The van der Waals surface area contributed by atoms with Crippen molar-refractivity contribution >= 4 is 29.5 Å². The Kier molecular flexibility index (Phi) is 10.4. The molecule has 0 fully saturated rings. The molecule has 0 bridgehead atoms. The number of carbonyl (C=O) groups excluding carboxylic acids is 4. The molecule has 9 heteroatoms. The Morgan fingerprint density at radius 1 is 1.03 bits per heavy atom. The molecule has 0 aliphatic heterocycles. The molecule has 2 aromatic rings. The van der Waals surface area contributed by atoms with Gasteiger partial charge in [0.2, 0.25) is 11.8 Å². The second kappa shape index (κ2) is 13.1. The van der Waals surface area contributed by atoms with E-state index in [0.29, 0.717) is 11.3 Å². The van der Waals surface area contributed by atoms with Crippen LogP contribution >= 0.6 is 0 Å². The summed E-state index contributed by atoms with van der Waals surface area (Å²) in [6.45, 7) is 16.3. The quantitative estimate of drug-likeness (QED) is 0.388. The summed E-state index contributed by atoms with van der Waals surface area (Å²) in [6.07, 6.45) is 0.114. The number of para-hydroxylation sites is 1. The molecule has 39 heavy (non-hydrogen) atoms. The molecule has 2 atom stereocenters. The summed E-state index contributed by atoms with van der Waals surface area (Å²) in [5, 5.41) is 5.45. The maximum absolute atomic E-state index is 14.0. The molecule has 4 amide bonds. The molecule has 4 N–H and O–H groups in total. The summed E-state index contributed by atoms with van der Waals surface area (Å²) in [5.41, 5.74) is 9.34. The number of amides is 4. The lowest BCUT2D eigenvalue weighted by atomic mass is 9.95. The molecule has 0 radical (unpaired) electrons. The number of rotatable bonds is 10. The van der Waals surface area contributed by atoms with Gasteiger partial charge in [-0.3, -0.25) is 14.4 Å². The average molecular weight is 537 g/mol. The summed E-state index contributed by atoms with van der Waals surface area (Å²) < 4.78 is 5.30. The van der Waals surface area contributed by atoms with E-state index >= 15 is 0 Å². The van der Waals surface area contributed by atoms with Crippen molar-refractivity contribution in [1.82, 2.24) is 10.2 Å². The van der Waals surface area contributed by atoms with E-state index in [1.807, 2.05) is 58.0 Å². The molecule has 0 aromatic heterocycles. The van der Waals surface area contributed by atoms with Crippen LogP contribution < -0.4 is 16.4 Å². The predicted octanol–water partition coefficient (Wildman–Crippen LogP) is 4.38. The third kappa shape index (κ3) is 8.70. The zero-order valence-electron chi connectivity index (χ0n) is 23.9. The number of anilines is 1. The van der Waals surface area contributed by atoms with Gasteiger partial charge in [0.05, 0.1) is 6.42 Å². The molecule has 0 aliphatic rings. The summed E-state index contributed by atoms with van der Waals surface area (Å²) in [6, 6.07) is 8.77. The van der Waals surface area contributed by atoms with Gasteiger partial charge in [0.15, 0.2) is 0 Å². The van der Waals surface area contributed by atoms with Gasteiger partial charge in [-0.05, 0) is 70.7 Å². The van der Waals surface area contributed by atoms with Gasteiger partial charge in [-0.2, -0.15) is 0 Å². The highest BCUT2D eigenvalue weighted by Gasteiger charge is 2.37. The smallest absolute Gasteiger partial charge is 0.408 e. The van der Waals surface area contributed by atoms with E-state index in [0.717, 1.165) is 22.3 Å². The zero-order chi connectivity index (χ0) is 29.5. The van der Waals surface area contributed by atoms with Gasteiger partial charge in [-0.25, -0.2) is 4.79 Å². The third-order valence-corrected chi connectivity index (χ3v) is 6.01. The second-order valence-electron chi connectivity index (χ2n) is 10.7. The molecule has 9 nitrogen and oxygen atoms in total. The molecule has 0 saturated carbocycles. The van der Waals surface area contributed by atoms with Crippen molar-refractivity contribution in [2.45, 2.75) is 72.6 Å². The molecule has 2 unspecified atom stereocenters. The second-order valence-corrected chi connectivity index (χ2v) is 10.7. The van der Waals surface area contributed by atoms with Crippen LogP contribution in [0.15, 0.2) is 49.1 Å². The first-order valence-electron chi connectivity index (χ1n) is 12.8. The van der Waals surface area contributed by atoms with Crippen LogP contribution in [0.25, 0.3) is 0 Å². The van der Waals surface area contributed by atoms with E-state index in [2.05, 4.69) is 17.2 Å². The molecular formula is C30H40N4O5. The van der Waals surface area contributed by atoms with Crippen molar-refractivity contribution in [3.05, 3.63) is 76.9 Å².